The average Bonchev–Trinajstić information content (AvgIpc) is 3.33. The second kappa shape index (κ2) is 8.83. The zero-order valence-electron chi connectivity index (χ0n) is 19.1. The van der Waals surface area contributed by atoms with Gasteiger partial charge in [-0.1, -0.05) is 0 Å². The quantitative estimate of drug-likeness (QED) is 0.623. The summed E-state index contributed by atoms with van der Waals surface area (Å²) in [4.78, 5) is 28.1. The number of anilines is 2. The number of carbonyl (C=O) groups excluding carboxylic acids is 1. The fraction of sp³-hybridized carbons (Fsp3) is 0.320. The van der Waals surface area contributed by atoms with Crippen molar-refractivity contribution >= 4 is 17.3 Å². The van der Waals surface area contributed by atoms with Gasteiger partial charge >= 0.3 is 0 Å². The summed E-state index contributed by atoms with van der Waals surface area (Å²) in [6.07, 6.45) is 0. The molecule has 0 spiro atoms. The lowest BCUT2D eigenvalue weighted by molar-refractivity contribution is -0.123. The summed E-state index contributed by atoms with van der Waals surface area (Å²) in [5.41, 5.74) is 1.44. The SMILES string of the molecule is CC(C)(C(=O)Nc1ccc(N2CCOCC2)cc1)n1nc(-c2ccc3c(c2)OCO3)ccc1=O. The molecule has 5 rings (SSSR count). The lowest BCUT2D eigenvalue weighted by atomic mass is 10.0. The van der Waals surface area contributed by atoms with Crippen molar-refractivity contribution < 1.29 is 19.0 Å². The Labute approximate surface area is 196 Å². The number of nitrogens with one attached hydrogen (secondary N) is 1. The number of aromatic nitrogens is 2. The minimum atomic E-state index is -1.23. The summed E-state index contributed by atoms with van der Waals surface area (Å²) in [7, 11) is 0. The van der Waals surface area contributed by atoms with Gasteiger partial charge in [-0.3, -0.25) is 9.59 Å². The smallest absolute Gasteiger partial charge is 0.267 e. The van der Waals surface area contributed by atoms with Gasteiger partial charge in [-0.25, -0.2) is 4.68 Å². The van der Waals surface area contributed by atoms with Crippen molar-refractivity contribution in [2.24, 2.45) is 0 Å². The van der Waals surface area contributed by atoms with E-state index in [4.69, 9.17) is 14.2 Å². The number of ether oxygens (including phenoxy) is 3. The summed E-state index contributed by atoms with van der Waals surface area (Å²) >= 11 is 0. The Bertz CT molecular complexity index is 1260. The topological polar surface area (TPSA) is 94.9 Å². The number of rotatable bonds is 5. The van der Waals surface area contributed by atoms with Crippen LogP contribution in [-0.4, -0.2) is 48.8 Å². The molecule has 0 bridgehead atoms. The maximum Gasteiger partial charge on any atom is 0.267 e. The highest BCUT2D eigenvalue weighted by Crippen LogP contribution is 2.35. The molecule has 0 saturated carbocycles. The monoisotopic (exact) mass is 462 g/mol. The molecule has 0 atom stereocenters. The van der Waals surface area contributed by atoms with Crippen LogP contribution >= 0.6 is 0 Å². The van der Waals surface area contributed by atoms with Crippen LogP contribution in [0.1, 0.15) is 13.8 Å². The molecule has 1 fully saturated rings. The Kier molecular flexibility index (Phi) is 5.70. The Morgan fingerprint density at radius 1 is 0.971 bits per heavy atom. The number of benzene rings is 2. The van der Waals surface area contributed by atoms with Crippen LogP contribution in [0.4, 0.5) is 11.4 Å². The van der Waals surface area contributed by atoms with E-state index in [0.717, 1.165) is 24.3 Å². The second-order valence-electron chi connectivity index (χ2n) is 8.70. The highest BCUT2D eigenvalue weighted by atomic mass is 16.7. The minimum absolute atomic E-state index is 0.173. The molecule has 1 saturated heterocycles. The van der Waals surface area contributed by atoms with Crippen molar-refractivity contribution in [3.8, 4) is 22.8 Å². The van der Waals surface area contributed by atoms with E-state index in [-0.39, 0.29) is 18.3 Å². The summed E-state index contributed by atoms with van der Waals surface area (Å²) < 4.78 is 17.4. The maximum atomic E-state index is 13.2. The molecular weight excluding hydrogens is 436 g/mol. The molecule has 0 radical (unpaired) electrons. The summed E-state index contributed by atoms with van der Waals surface area (Å²) in [6.45, 7) is 6.61. The van der Waals surface area contributed by atoms with E-state index in [1.165, 1.54) is 10.7 Å². The number of fused-ring (bicyclic) bond motifs is 1. The number of hydrogen-bond acceptors (Lipinski definition) is 7. The Morgan fingerprint density at radius 3 is 2.47 bits per heavy atom. The molecule has 176 valence electrons. The van der Waals surface area contributed by atoms with Gasteiger partial charge in [-0.05, 0) is 62.4 Å². The Balaban J connectivity index is 1.36. The summed E-state index contributed by atoms with van der Waals surface area (Å²) in [5.74, 6) is 0.940. The Hall–Kier alpha value is -3.85. The molecule has 2 aliphatic heterocycles. The molecule has 3 aromatic rings. The first-order valence-electron chi connectivity index (χ1n) is 11.2. The second-order valence-corrected chi connectivity index (χ2v) is 8.70. The summed E-state index contributed by atoms with van der Waals surface area (Å²) in [5, 5.41) is 7.42. The molecule has 2 aliphatic rings. The van der Waals surface area contributed by atoms with Gasteiger partial charge in [0.1, 0.15) is 5.54 Å². The van der Waals surface area contributed by atoms with E-state index in [2.05, 4.69) is 15.3 Å². The molecule has 9 nitrogen and oxygen atoms in total. The predicted molar refractivity (Wildman–Crippen MR) is 127 cm³/mol. The van der Waals surface area contributed by atoms with Crippen LogP contribution in [0.25, 0.3) is 11.3 Å². The maximum absolute atomic E-state index is 13.2. The largest absolute Gasteiger partial charge is 0.454 e. The molecule has 1 aromatic heterocycles. The lowest BCUT2D eigenvalue weighted by Gasteiger charge is -2.29. The van der Waals surface area contributed by atoms with E-state index >= 15 is 0 Å². The van der Waals surface area contributed by atoms with Crippen LogP contribution in [-0.2, 0) is 15.1 Å². The van der Waals surface area contributed by atoms with Crippen molar-refractivity contribution in [1.82, 2.24) is 9.78 Å². The third-order valence-corrected chi connectivity index (χ3v) is 6.06. The zero-order chi connectivity index (χ0) is 23.7. The van der Waals surface area contributed by atoms with Gasteiger partial charge in [0.2, 0.25) is 6.79 Å². The van der Waals surface area contributed by atoms with Gasteiger partial charge < -0.3 is 24.4 Å². The van der Waals surface area contributed by atoms with Crippen LogP contribution in [0.3, 0.4) is 0 Å². The number of amides is 1. The van der Waals surface area contributed by atoms with Gasteiger partial charge in [0.25, 0.3) is 11.5 Å². The van der Waals surface area contributed by atoms with E-state index in [1.54, 1.807) is 26.0 Å². The molecule has 3 heterocycles. The highest BCUT2D eigenvalue weighted by molar-refractivity contribution is 5.96. The lowest BCUT2D eigenvalue weighted by Crippen LogP contribution is -2.47. The van der Waals surface area contributed by atoms with Crippen LogP contribution < -0.4 is 25.2 Å². The number of nitrogens with zero attached hydrogens (tertiary/aromatic N) is 3. The van der Waals surface area contributed by atoms with E-state index < -0.39 is 5.54 Å². The first-order chi connectivity index (χ1) is 16.4. The normalized spacial score (nSPS) is 15.3. The van der Waals surface area contributed by atoms with E-state index in [9.17, 15) is 9.59 Å². The van der Waals surface area contributed by atoms with Gasteiger partial charge in [0.05, 0.1) is 18.9 Å². The van der Waals surface area contributed by atoms with Gasteiger partial charge in [-0.15, -0.1) is 0 Å². The molecule has 2 aromatic carbocycles. The number of carbonyl (C=O) groups is 1. The minimum Gasteiger partial charge on any atom is -0.454 e. The zero-order valence-corrected chi connectivity index (χ0v) is 19.1. The third-order valence-electron chi connectivity index (χ3n) is 6.06. The van der Waals surface area contributed by atoms with Crippen molar-refractivity contribution in [2.45, 2.75) is 19.4 Å². The molecule has 1 amide bonds. The third kappa shape index (κ3) is 4.22. The van der Waals surface area contributed by atoms with Crippen LogP contribution in [0.2, 0.25) is 0 Å². The van der Waals surface area contributed by atoms with Crippen molar-refractivity contribution in [1.29, 1.82) is 0 Å². The van der Waals surface area contributed by atoms with Crippen LogP contribution in [0.5, 0.6) is 11.5 Å². The Morgan fingerprint density at radius 2 is 1.71 bits per heavy atom. The molecule has 9 heteroatoms. The molecule has 0 aliphatic carbocycles. The molecule has 34 heavy (non-hydrogen) atoms. The van der Waals surface area contributed by atoms with E-state index in [0.29, 0.717) is 36.1 Å². The first kappa shape index (κ1) is 22.0. The standard InChI is InChI=1S/C25H26N4O5/c1-25(2,24(31)26-18-4-6-19(7-5-18)28-11-13-32-14-12-28)29-23(30)10-8-20(27-29)17-3-9-21-22(15-17)34-16-33-21/h3-10,15H,11-14,16H2,1-2H3,(H,26,31). The number of morpholine rings is 1. The highest BCUT2D eigenvalue weighted by Gasteiger charge is 2.32. The van der Waals surface area contributed by atoms with Gasteiger partial charge in [0, 0.05) is 36.1 Å². The van der Waals surface area contributed by atoms with E-state index in [1.807, 2.05) is 36.4 Å². The number of hydrogen-bond donors (Lipinski definition) is 1. The molecular formula is C25H26N4O5. The fourth-order valence-corrected chi connectivity index (χ4v) is 3.98. The van der Waals surface area contributed by atoms with Gasteiger partial charge in [-0.2, -0.15) is 5.10 Å². The molecule has 1 N–H and O–H groups in total. The van der Waals surface area contributed by atoms with Crippen molar-refractivity contribution in [3.63, 3.8) is 0 Å². The predicted octanol–water partition coefficient (Wildman–Crippen LogP) is 2.85. The van der Waals surface area contributed by atoms with Crippen LogP contribution in [0, 0.1) is 0 Å². The molecule has 0 unspecified atom stereocenters. The fourth-order valence-electron chi connectivity index (χ4n) is 3.98. The van der Waals surface area contributed by atoms with Crippen molar-refractivity contribution in [2.75, 3.05) is 43.3 Å². The average molecular weight is 463 g/mol. The van der Waals surface area contributed by atoms with Crippen LogP contribution in [0.15, 0.2) is 59.4 Å². The van der Waals surface area contributed by atoms with Gasteiger partial charge in [0.15, 0.2) is 11.5 Å². The first-order valence-corrected chi connectivity index (χ1v) is 11.2. The summed E-state index contributed by atoms with van der Waals surface area (Å²) in [6, 6.07) is 16.2. The van der Waals surface area contributed by atoms with Crippen molar-refractivity contribution in [3.05, 3.63) is 65.0 Å².